The summed E-state index contributed by atoms with van der Waals surface area (Å²) in [6, 6.07) is 7.13. The second-order valence-electron chi connectivity index (χ2n) is 5.98. The summed E-state index contributed by atoms with van der Waals surface area (Å²) >= 11 is 0. The Bertz CT molecular complexity index is 651. The van der Waals surface area contributed by atoms with Gasteiger partial charge in [-0.2, -0.15) is 0 Å². The molecule has 1 heterocycles. The molecule has 8 heteroatoms. The molecule has 0 radical (unpaired) electrons. The zero-order chi connectivity index (χ0) is 16.3. The van der Waals surface area contributed by atoms with Crippen molar-refractivity contribution >= 4 is 34.0 Å². The summed E-state index contributed by atoms with van der Waals surface area (Å²) in [5.74, 6) is 0.428. The van der Waals surface area contributed by atoms with Crippen molar-refractivity contribution in [2.75, 3.05) is 24.1 Å². The quantitative estimate of drug-likeness (QED) is 0.824. The lowest BCUT2D eigenvalue weighted by Gasteiger charge is -2.21. The van der Waals surface area contributed by atoms with E-state index in [4.69, 9.17) is 5.73 Å². The van der Waals surface area contributed by atoms with E-state index in [1.807, 2.05) is 17.9 Å². The number of amides is 1. The van der Waals surface area contributed by atoms with Crippen molar-refractivity contribution in [1.82, 2.24) is 4.90 Å². The molecule has 1 aliphatic rings. The number of nitrogens with two attached hydrogens (primary N) is 1. The number of benzene rings is 1. The number of carbonyl (C=O) groups excluding carboxylic acids is 1. The first-order valence-corrected chi connectivity index (χ1v) is 9.24. The molecule has 1 aromatic carbocycles. The van der Waals surface area contributed by atoms with Crippen LogP contribution in [0.4, 0.5) is 5.69 Å². The van der Waals surface area contributed by atoms with E-state index in [1.54, 1.807) is 18.2 Å². The minimum atomic E-state index is -3.32. The summed E-state index contributed by atoms with van der Waals surface area (Å²) in [6.45, 7) is 3.34. The van der Waals surface area contributed by atoms with Gasteiger partial charge in [0.1, 0.15) is 0 Å². The molecule has 1 aromatic rings. The average molecular weight is 362 g/mol. The first kappa shape index (κ1) is 19.7. The number of sulfonamides is 1. The Balaban J connectivity index is 0.00000264. The molecular weight excluding hydrogens is 338 g/mol. The van der Waals surface area contributed by atoms with Crippen molar-refractivity contribution < 1.29 is 13.2 Å². The molecule has 0 aliphatic carbocycles. The van der Waals surface area contributed by atoms with Crippen molar-refractivity contribution in [1.29, 1.82) is 0 Å². The fraction of sp³-hybridized carbons (Fsp3) is 0.533. The van der Waals surface area contributed by atoms with Crippen LogP contribution in [0.1, 0.15) is 18.9 Å². The molecule has 1 aliphatic heterocycles. The molecule has 1 saturated heterocycles. The number of carbonyl (C=O) groups is 1. The molecule has 0 saturated carbocycles. The number of likely N-dealkylation sites (tertiary alicyclic amines) is 1. The lowest BCUT2D eigenvalue weighted by Crippen LogP contribution is -2.35. The van der Waals surface area contributed by atoms with E-state index in [-0.39, 0.29) is 30.8 Å². The van der Waals surface area contributed by atoms with E-state index >= 15 is 0 Å². The van der Waals surface area contributed by atoms with E-state index < -0.39 is 10.0 Å². The van der Waals surface area contributed by atoms with Gasteiger partial charge >= 0.3 is 0 Å². The summed E-state index contributed by atoms with van der Waals surface area (Å²) < 4.78 is 24.9. The van der Waals surface area contributed by atoms with Gasteiger partial charge in [-0.25, -0.2) is 8.42 Å². The molecule has 1 amide bonds. The summed E-state index contributed by atoms with van der Waals surface area (Å²) in [6.07, 6.45) is 2.31. The van der Waals surface area contributed by atoms with Gasteiger partial charge in [0.05, 0.1) is 12.7 Å². The zero-order valence-corrected chi connectivity index (χ0v) is 15.0. The third-order valence-electron chi connectivity index (χ3n) is 3.90. The normalized spacial score (nSPS) is 20.9. The van der Waals surface area contributed by atoms with Crippen molar-refractivity contribution in [2.45, 2.75) is 25.8 Å². The number of hydrogen-bond acceptors (Lipinski definition) is 4. The lowest BCUT2D eigenvalue weighted by atomic mass is 10.1. The minimum Gasteiger partial charge on any atom is -0.339 e. The van der Waals surface area contributed by atoms with E-state index in [2.05, 4.69) is 4.72 Å². The van der Waals surface area contributed by atoms with Crippen molar-refractivity contribution in [3.05, 3.63) is 29.8 Å². The number of halogens is 1. The van der Waals surface area contributed by atoms with Crippen LogP contribution in [-0.2, 0) is 21.2 Å². The SMILES string of the molecule is CC1CC(CN)CN1C(=O)Cc1cccc(NS(C)(=O)=O)c1.Cl. The Morgan fingerprint density at radius 3 is 2.70 bits per heavy atom. The molecule has 23 heavy (non-hydrogen) atoms. The van der Waals surface area contributed by atoms with Gasteiger partial charge in [0, 0.05) is 18.3 Å². The second kappa shape index (κ2) is 7.99. The minimum absolute atomic E-state index is 0. The maximum Gasteiger partial charge on any atom is 0.229 e. The summed E-state index contributed by atoms with van der Waals surface area (Å²) in [5.41, 5.74) is 6.95. The number of hydrogen-bond donors (Lipinski definition) is 2. The molecule has 0 bridgehead atoms. The van der Waals surface area contributed by atoms with Gasteiger partial charge in [0.2, 0.25) is 15.9 Å². The third kappa shape index (κ3) is 5.67. The van der Waals surface area contributed by atoms with Crippen LogP contribution in [0.25, 0.3) is 0 Å². The van der Waals surface area contributed by atoms with Crippen molar-refractivity contribution in [2.24, 2.45) is 11.7 Å². The number of rotatable bonds is 5. The summed E-state index contributed by atoms with van der Waals surface area (Å²) in [7, 11) is -3.32. The molecule has 0 spiro atoms. The van der Waals surface area contributed by atoms with Crippen LogP contribution in [0.2, 0.25) is 0 Å². The molecule has 3 N–H and O–H groups in total. The molecule has 2 atom stereocenters. The predicted molar refractivity (Wildman–Crippen MR) is 94.2 cm³/mol. The van der Waals surface area contributed by atoms with Crippen LogP contribution >= 0.6 is 12.4 Å². The molecule has 6 nitrogen and oxygen atoms in total. The Hall–Kier alpha value is -1.31. The Morgan fingerprint density at radius 2 is 2.13 bits per heavy atom. The zero-order valence-electron chi connectivity index (χ0n) is 13.4. The summed E-state index contributed by atoms with van der Waals surface area (Å²) in [4.78, 5) is 14.3. The summed E-state index contributed by atoms with van der Waals surface area (Å²) in [5, 5.41) is 0. The first-order chi connectivity index (χ1) is 10.3. The number of nitrogens with zero attached hydrogens (tertiary/aromatic N) is 1. The highest BCUT2D eigenvalue weighted by Gasteiger charge is 2.31. The van der Waals surface area contributed by atoms with Gasteiger partial charge in [-0.05, 0) is 43.5 Å². The highest BCUT2D eigenvalue weighted by Crippen LogP contribution is 2.23. The van der Waals surface area contributed by atoms with Crippen molar-refractivity contribution in [3.63, 3.8) is 0 Å². The van der Waals surface area contributed by atoms with E-state index in [0.29, 0.717) is 24.7 Å². The molecule has 130 valence electrons. The molecule has 0 aromatic heterocycles. The van der Waals surface area contributed by atoms with Crippen LogP contribution in [0.3, 0.4) is 0 Å². The smallest absolute Gasteiger partial charge is 0.229 e. The molecule has 1 fully saturated rings. The van der Waals surface area contributed by atoms with Crippen LogP contribution in [0.5, 0.6) is 0 Å². The fourth-order valence-electron chi connectivity index (χ4n) is 2.90. The van der Waals surface area contributed by atoms with Gasteiger partial charge in [0.25, 0.3) is 0 Å². The maximum absolute atomic E-state index is 12.4. The van der Waals surface area contributed by atoms with E-state index in [1.165, 1.54) is 0 Å². The predicted octanol–water partition coefficient (Wildman–Crippen LogP) is 1.22. The molecule has 2 unspecified atom stereocenters. The average Bonchev–Trinajstić information content (AvgIpc) is 2.78. The van der Waals surface area contributed by atoms with Crippen LogP contribution < -0.4 is 10.5 Å². The van der Waals surface area contributed by atoms with Gasteiger partial charge in [-0.3, -0.25) is 9.52 Å². The molecular formula is C15H24ClN3O3S. The van der Waals surface area contributed by atoms with Gasteiger partial charge in [-0.1, -0.05) is 12.1 Å². The van der Waals surface area contributed by atoms with Crippen LogP contribution in [-0.4, -0.2) is 44.6 Å². The first-order valence-electron chi connectivity index (χ1n) is 7.34. The highest BCUT2D eigenvalue weighted by atomic mass is 35.5. The Kier molecular flexibility index (Phi) is 6.85. The topological polar surface area (TPSA) is 92.5 Å². The Labute approximate surface area is 143 Å². The highest BCUT2D eigenvalue weighted by molar-refractivity contribution is 7.92. The number of anilines is 1. The van der Waals surface area contributed by atoms with E-state index in [0.717, 1.165) is 18.2 Å². The largest absolute Gasteiger partial charge is 0.339 e. The third-order valence-corrected chi connectivity index (χ3v) is 4.51. The van der Waals surface area contributed by atoms with Crippen molar-refractivity contribution in [3.8, 4) is 0 Å². The van der Waals surface area contributed by atoms with E-state index in [9.17, 15) is 13.2 Å². The second-order valence-corrected chi connectivity index (χ2v) is 7.73. The van der Waals surface area contributed by atoms with Crippen LogP contribution in [0.15, 0.2) is 24.3 Å². The number of nitrogens with one attached hydrogen (secondary N) is 1. The van der Waals surface area contributed by atoms with Gasteiger partial charge in [-0.15, -0.1) is 12.4 Å². The van der Waals surface area contributed by atoms with Gasteiger partial charge < -0.3 is 10.6 Å². The van der Waals surface area contributed by atoms with Gasteiger partial charge in [0.15, 0.2) is 0 Å². The standard InChI is InChI=1S/C15H23N3O3S.ClH/c1-11-6-13(9-16)10-18(11)15(19)8-12-4-3-5-14(7-12)17-22(2,20)21;/h3-5,7,11,13,17H,6,8-10,16H2,1-2H3;1H. The molecule has 2 rings (SSSR count). The fourth-order valence-corrected chi connectivity index (χ4v) is 3.45. The monoisotopic (exact) mass is 361 g/mol. The lowest BCUT2D eigenvalue weighted by molar-refractivity contribution is -0.131. The van der Waals surface area contributed by atoms with Crippen LogP contribution in [0, 0.1) is 5.92 Å². The maximum atomic E-state index is 12.4. The Morgan fingerprint density at radius 1 is 1.43 bits per heavy atom.